The van der Waals surface area contributed by atoms with Crippen molar-refractivity contribution in [2.75, 3.05) is 0 Å². The van der Waals surface area contributed by atoms with Gasteiger partial charge in [-0.05, 0) is 26.0 Å². The van der Waals surface area contributed by atoms with Crippen molar-refractivity contribution in [3.05, 3.63) is 54.3 Å². The number of carboxylic acid groups (broad SMARTS) is 1. The molecule has 1 heterocycles. The maximum absolute atomic E-state index is 12.1. The van der Waals surface area contributed by atoms with Crippen LogP contribution in [0.4, 0.5) is 4.79 Å². The van der Waals surface area contributed by atoms with Gasteiger partial charge in [0.2, 0.25) is 5.69 Å². The summed E-state index contributed by atoms with van der Waals surface area (Å²) in [7, 11) is 0. The molecule has 27 heavy (non-hydrogen) atoms. The molecule has 10 nitrogen and oxygen atoms in total. The van der Waals surface area contributed by atoms with Crippen molar-refractivity contribution >= 4 is 35.2 Å². The molecule has 0 saturated heterocycles. The minimum Gasteiger partial charge on any atom is -0.465 e. The number of hydrogen-bond donors (Lipinski definition) is 3. The average molecular weight is 412 g/mol. The lowest BCUT2D eigenvalue weighted by Gasteiger charge is -2.20. The lowest BCUT2D eigenvalue weighted by Crippen LogP contribution is -2.40. The summed E-state index contributed by atoms with van der Waals surface area (Å²) in [4.78, 5) is 48.0. The number of halogens is 2. The van der Waals surface area contributed by atoms with Gasteiger partial charge in [0.15, 0.2) is 0 Å². The summed E-state index contributed by atoms with van der Waals surface area (Å²) in [5.41, 5.74) is -3.75. The molecular formula is C15H11Cl2N5O5. The number of benzene rings is 1. The van der Waals surface area contributed by atoms with Crippen molar-refractivity contribution in [2.45, 2.75) is 19.3 Å². The van der Waals surface area contributed by atoms with E-state index in [0.717, 1.165) is 0 Å². The monoisotopic (exact) mass is 411 g/mol. The number of amides is 2. The zero-order valence-electron chi connectivity index (χ0n) is 13.8. The first kappa shape index (κ1) is 20.2. The van der Waals surface area contributed by atoms with Crippen LogP contribution in [-0.2, 0) is 5.41 Å². The summed E-state index contributed by atoms with van der Waals surface area (Å²) in [6, 6.07) is 4.59. The van der Waals surface area contributed by atoms with Crippen LogP contribution in [-0.4, -0.2) is 31.9 Å². The topological polar surface area (TPSA) is 158 Å². The maximum Gasteiger partial charge on any atom is 0.411 e. The number of nitrogens with one attached hydrogen (secondary N) is 2. The predicted molar refractivity (Wildman–Crippen MR) is 94.6 cm³/mol. The van der Waals surface area contributed by atoms with Crippen LogP contribution in [0.15, 0.2) is 21.7 Å². The Balaban J connectivity index is 2.68. The molecule has 0 atom stereocenters. The molecule has 0 unspecified atom stereocenters. The van der Waals surface area contributed by atoms with Gasteiger partial charge in [0, 0.05) is 15.6 Å². The average Bonchev–Trinajstić information content (AvgIpc) is 2.53. The molecule has 140 valence electrons. The van der Waals surface area contributed by atoms with E-state index in [-0.39, 0.29) is 15.7 Å². The molecule has 3 N–H and O–H groups in total. The molecule has 1 aromatic carbocycles. The predicted octanol–water partition coefficient (Wildman–Crippen LogP) is 1.44. The van der Waals surface area contributed by atoms with Gasteiger partial charge < -0.3 is 5.11 Å². The third-order valence-corrected chi connectivity index (χ3v) is 4.04. The van der Waals surface area contributed by atoms with Crippen LogP contribution < -0.4 is 16.6 Å². The van der Waals surface area contributed by atoms with Crippen molar-refractivity contribution in [3.63, 3.8) is 0 Å². The van der Waals surface area contributed by atoms with E-state index < -0.39 is 34.4 Å². The van der Waals surface area contributed by atoms with Gasteiger partial charge in [0.1, 0.15) is 0 Å². The molecule has 0 aliphatic heterocycles. The highest BCUT2D eigenvalue weighted by Crippen LogP contribution is 2.36. The lowest BCUT2D eigenvalue weighted by atomic mass is 9.86. The molecule has 2 amide bonds. The smallest absolute Gasteiger partial charge is 0.411 e. The SMILES string of the molecule is CC(C)(C#N)c1c(Cl)cc(-n2nc(C(=O)NC(=O)O)c(=O)[nH]c2=O)cc1Cl. The molecule has 1 aromatic heterocycles. The number of nitrogens with zero attached hydrogens (tertiary/aromatic N) is 3. The standard InChI is InChI=1S/C15H11Cl2N5O5/c1-15(2,5-18)9-7(16)3-6(4-8(9)17)22-13(25)19-11(23)10(21-22)12(24)20-14(26)27/h3-4H,1-2H3,(H,20,24)(H,26,27)(H,19,23,25). The van der Waals surface area contributed by atoms with E-state index in [1.807, 2.05) is 4.98 Å². The van der Waals surface area contributed by atoms with Gasteiger partial charge in [-0.3, -0.25) is 19.9 Å². The van der Waals surface area contributed by atoms with Crippen LogP contribution in [0.5, 0.6) is 0 Å². The van der Waals surface area contributed by atoms with Gasteiger partial charge in [-0.2, -0.15) is 15.0 Å². The summed E-state index contributed by atoms with van der Waals surface area (Å²) < 4.78 is 0.624. The first-order valence-electron chi connectivity index (χ1n) is 7.17. The van der Waals surface area contributed by atoms with E-state index in [9.17, 15) is 24.4 Å². The van der Waals surface area contributed by atoms with Gasteiger partial charge in [-0.25, -0.2) is 9.59 Å². The minimum atomic E-state index is -1.70. The van der Waals surface area contributed by atoms with Crippen LogP contribution in [0.3, 0.4) is 0 Å². The summed E-state index contributed by atoms with van der Waals surface area (Å²) in [5, 5.41) is 23.0. The molecule has 0 aliphatic carbocycles. The van der Waals surface area contributed by atoms with Crippen LogP contribution in [0.2, 0.25) is 10.0 Å². The molecule has 2 aromatic rings. The van der Waals surface area contributed by atoms with E-state index in [0.29, 0.717) is 10.2 Å². The van der Waals surface area contributed by atoms with Crippen molar-refractivity contribution < 1.29 is 14.7 Å². The van der Waals surface area contributed by atoms with Crippen molar-refractivity contribution in [1.29, 1.82) is 5.26 Å². The third-order valence-electron chi connectivity index (χ3n) is 3.44. The Morgan fingerprint density at radius 3 is 2.33 bits per heavy atom. The van der Waals surface area contributed by atoms with Gasteiger partial charge in [0.25, 0.3) is 11.5 Å². The summed E-state index contributed by atoms with van der Waals surface area (Å²) >= 11 is 12.4. The number of aromatic amines is 1. The number of carbonyl (C=O) groups is 2. The first-order valence-corrected chi connectivity index (χ1v) is 7.92. The normalized spacial score (nSPS) is 10.9. The molecule has 2 rings (SSSR count). The molecular weight excluding hydrogens is 401 g/mol. The van der Waals surface area contributed by atoms with Crippen molar-refractivity contribution in [2.24, 2.45) is 0 Å². The van der Waals surface area contributed by atoms with E-state index >= 15 is 0 Å². The second kappa shape index (κ2) is 7.22. The van der Waals surface area contributed by atoms with Gasteiger partial charge >= 0.3 is 11.8 Å². The quantitative estimate of drug-likeness (QED) is 0.688. The van der Waals surface area contributed by atoms with Crippen molar-refractivity contribution in [3.8, 4) is 11.8 Å². The Morgan fingerprint density at radius 2 is 1.85 bits per heavy atom. The Morgan fingerprint density at radius 1 is 1.30 bits per heavy atom. The second-order valence-corrected chi connectivity index (χ2v) is 6.61. The van der Waals surface area contributed by atoms with E-state index in [1.54, 1.807) is 13.8 Å². The lowest BCUT2D eigenvalue weighted by molar-refractivity contribution is 0.0939. The number of imide groups is 1. The summed E-state index contributed by atoms with van der Waals surface area (Å²) in [6.45, 7) is 3.19. The molecule has 0 radical (unpaired) electrons. The van der Waals surface area contributed by atoms with Crippen molar-refractivity contribution in [1.82, 2.24) is 20.1 Å². The Kier molecular flexibility index (Phi) is 5.39. The Hall–Kier alpha value is -3.16. The number of H-pyrrole nitrogens is 1. The number of hydrogen-bond acceptors (Lipinski definition) is 6. The van der Waals surface area contributed by atoms with E-state index in [4.69, 9.17) is 28.3 Å². The van der Waals surface area contributed by atoms with Gasteiger partial charge in [0.05, 0.1) is 17.2 Å². The molecule has 0 spiro atoms. The second-order valence-electron chi connectivity index (χ2n) is 5.80. The van der Waals surface area contributed by atoms with E-state index in [1.165, 1.54) is 17.4 Å². The fourth-order valence-electron chi connectivity index (χ4n) is 2.21. The van der Waals surface area contributed by atoms with Crippen LogP contribution in [0.1, 0.15) is 29.9 Å². The summed E-state index contributed by atoms with van der Waals surface area (Å²) in [5.74, 6) is -1.32. The number of nitriles is 1. The summed E-state index contributed by atoms with van der Waals surface area (Å²) in [6.07, 6.45) is -1.70. The number of aromatic nitrogens is 3. The largest absolute Gasteiger partial charge is 0.465 e. The van der Waals surface area contributed by atoms with E-state index in [2.05, 4.69) is 11.2 Å². The maximum atomic E-state index is 12.1. The van der Waals surface area contributed by atoms with Gasteiger partial charge in [-0.1, -0.05) is 23.2 Å². The third kappa shape index (κ3) is 3.99. The van der Waals surface area contributed by atoms with Gasteiger partial charge in [-0.15, -0.1) is 0 Å². The Labute approximate surface area is 161 Å². The zero-order valence-corrected chi connectivity index (χ0v) is 15.3. The first-order chi connectivity index (χ1) is 12.5. The number of rotatable bonds is 3. The zero-order chi connectivity index (χ0) is 20.5. The molecule has 0 bridgehead atoms. The highest BCUT2D eigenvalue weighted by molar-refractivity contribution is 6.36. The highest BCUT2D eigenvalue weighted by Gasteiger charge is 2.27. The minimum absolute atomic E-state index is 0.00638. The number of carbonyl (C=O) groups excluding carboxylic acids is 1. The molecule has 12 heteroatoms. The molecule has 0 saturated carbocycles. The highest BCUT2D eigenvalue weighted by atomic mass is 35.5. The van der Waals surface area contributed by atoms with Crippen LogP contribution in [0.25, 0.3) is 5.69 Å². The fraction of sp³-hybridized carbons (Fsp3) is 0.200. The Bertz CT molecular complexity index is 1090. The molecule has 0 aliphatic rings. The fourth-order valence-corrected chi connectivity index (χ4v) is 3.16. The van der Waals surface area contributed by atoms with Crippen LogP contribution >= 0.6 is 23.2 Å². The van der Waals surface area contributed by atoms with Crippen LogP contribution in [0, 0.1) is 11.3 Å². The molecule has 0 fully saturated rings.